The summed E-state index contributed by atoms with van der Waals surface area (Å²) in [7, 11) is -17.3. The molecule has 18 nitrogen and oxygen atoms in total. The second-order valence-electron chi connectivity index (χ2n) is 6.72. The van der Waals surface area contributed by atoms with E-state index < -0.39 is 66.4 Å². The quantitative estimate of drug-likeness (QED) is 0.178. The van der Waals surface area contributed by atoms with Gasteiger partial charge in [0.1, 0.15) is 18.8 Å². The lowest BCUT2D eigenvalue weighted by Crippen LogP contribution is -2.41. The number of nitrogens with zero attached hydrogens (tertiary/aromatic N) is 3. The number of hydrogen-bond acceptors (Lipinski definition) is 12. The predicted molar refractivity (Wildman–Crippen MR) is 102 cm³/mol. The van der Waals surface area contributed by atoms with Crippen molar-refractivity contribution in [2.75, 3.05) is 12.3 Å². The van der Waals surface area contributed by atoms with Crippen LogP contribution in [0, 0.1) is 0 Å². The van der Waals surface area contributed by atoms with E-state index in [0.29, 0.717) is 0 Å². The minimum Gasteiger partial charge on any atom is -0.384 e. The molecule has 1 fully saturated rings. The number of H-pyrrole nitrogens is 1. The number of aromatic nitrogens is 4. The normalized spacial score (nSPS) is 29.2. The number of alkyl halides is 2. The van der Waals surface area contributed by atoms with Crippen LogP contribution in [0.1, 0.15) is 0 Å². The van der Waals surface area contributed by atoms with Crippen LogP contribution in [0.15, 0.2) is 11.1 Å². The molecule has 192 valence electrons. The first-order valence-corrected chi connectivity index (χ1v) is 13.1. The standard InChI is InChI=1S/C11H16F2N5O13P3/c12-5-4(1-18-3-15-6-8(18)16-10(14)17-9(6)20)29-11(13,7(5)19)2-28-33(24,25)31-34(26,27)30-32(21,22)23/h3-5,7,19H,1-2H2,(H,24,25)(H,26,27)(H2,21,22,23)(H3,14,16,17,20)/t4-,5-,7-,11+/m0/s1. The fourth-order valence-electron chi connectivity index (χ4n) is 2.86. The van der Waals surface area contributed by atoms with Crippen molar-refractivity contribution in [3.05, 3.63) is 16.7 Å². The summed E-state index contributed by atoms with van der Waals surface area (Å²) in [5.74, 6) is -3.81. The van der Waals surface area contributed by atoms with E-state index in [9.17, 15) is 37.3 Å². The fourth-order valence-corrected chi connectivity index (χ4v) is 5.89. The van der Waals surface area contributed by atoms with Crippen LogP contribution in [-0.2, 0) is 38.1 Å². The van der Waals surface area contributed by atoms with E-state index >= 15 is 0 Å². The predicted octanol–water partition coefficient (Wildman–Crippen LogP) is -1.19. The van der Waals surface area contributed by atoms with Crippen molar-refractivity contribution < 1.29 is 65.0 Å². The van der Waals surface area contributed by atoms with E-state index in [1.54, 1.807) is 0 Å². The van der Waals surface area contributed by atoms with Crippen LogP contribution in [0.4, 0.5) is 14.7 Å². The Morgan fingerprint density at radius 2 is 1.88 bits per heavy atom. The lowest BCUT2D eigenvalue weighted by atomic mass is 10.1. The Morgan fingerprint density at radius 3 is 2.50 bits per heavy atom. The molecule has 3 heterocycles. The van der Waals surface area contributed by atoms with Crippen LogP contribution in [0.25, 0.3) is 11.2 Å². The molecule has 1 saturated heterocycles. The molecule has 2 aromatic rings. The summed E-state index contributed by atoms with van der Waals surface area (Å²) in [6.45, 7) is -2.32. The Balaban J connectivity index is 1.71. The third-order valence-corrected chi connectivity index (χ3v) is 7.94. The van der Waals surface area contributed by atoms with E-state index in [-0.39, 0.29) is 17.1 Å². The number of nitrogens with two attached hydrogens (primary N) is 1. The Morgan fingerprint density at radius 1 is 1.24 bits per heavy atom. The van der Waals surface area contributed by atoms with E-state index in [1.807, 2.05) is 0 Å². The molecular weight excluding hydrogens is 541 g/mol. The summed E-state index contributed by atoms with van der Waals surface area (Å²) in [6.07, 6.45) is -5.84. The topological polar surface area (TPSA) is 279 Å². The molecule has 23 heteroatoms. The number of ether oxygens (including phenoxy) is 1. The number of aliphatic hydroxyl groups excluding tert-OH is 1. The molecule has 8 N–H and O–H groups in total. The summed E-state index contributed by atoms with van der Waals surface area (Å²) in [5, 5.41) is 9.89. The van der Waals surface area contributed by atoms with Gasteiger partial charge in [0.25, 0.3) is 11.4 Å². The maximum atomic E-state index is 15.0. The van der Waals surface area contributed by atoms with Gasteiger partial charge in [-0.05, 0) is 0 Å². The number of phosphoric ester groups is 1. The number of fused-ring (bicyclic) bond motifs is 1. The minimum atomic E-state index is -5.89. The van der Waals surface area contributed by atoms with Crippen molar-refractivity contribution in [2.45, 2.75) is 30.8 Å². The average Bonchev–Trinajstić information content (AvgIpc) is 3.13. The molecule has 0 aromatic carbocycles. The number of nitrogens with one attached hydrogen (secondary N) is 1. The number of hydrogen-bond donors (Lipinski definition) is 7. The zero-order chi connectivity index (χ0) is 25.7. The molecule has 3 rings (SSSR count). The van der Waals surface area contributed by atoms with Crippen LogP contribution < -0.4 is 11.3 Å². The number of aromatic amines is 1. The maximum Gasteiger partial charge on any atom is 0.490 e. The first-order valence-electron chi connectivity index (χ1n) is 8.59. The summed E-state index contributed by atoms with van der Waals surface area (Å²) in [5.41, 5.74) is 4.39. The summed E-state index contributed by atoms with van der Waals surface area (Å²) >= 11 is 0. The van der Waals surface area contributed by atoms with Crippen molar-refractivity contribution in [1.82, 2.24) is 19.5 Å². The van der Waals surface area contributed by atoms with Crippen LogP contribution in [0.2, 0.25) is 0 Å². The second kappa shape index (κ2) is 9.09. The Hall–Kier alpha value is -1.66. The smallest absolute Gasteiger partial charge is 0.384 e. The zero-order valence-electron chi connectivity index (χ0n) is 16.2. The molecular formula is C11H16F2N5O13P3. The number of anilines is 1. The van der Waals surface area contributed by atoms with Crippen LogP contribution >= 0.6 is 23.5 Å². The van der Waals surface area contributed by atoms with E-state index in [1.165, 1.54) is 0 Å². The molecule has 0 radical (unpaired) electrons. The molecule has 0 amide bonds. The largest absolute Gasteiger partial charge is 0.490 e. The lowest BCUT2D eigenvalue weighted by Gasteiger charge is -2.24. The van der Waals surface area contributed by atoms with Gasteiger partial charge in [-0.2, -0.15) is 13.6 Å². The zero-order valence-corrected chi connectivity index (χ0v) is 18.9. The molecule has 34 heavy (non-hydrogen) atoms. The fraction of sp³-hybridized carbons (Fsp3) is 0.545. The van der Waals surface area contributed by atoms with Crippen LogP contribution in [0.3, 0.4) is 0 Å². The Bertz CT molecular complexity index is 1280. The van der Waals surface area contributed by atoms with Crippen molar-refractivity contribution >= 4 is 40.6 Å². The summed E-state index contributed by atoms with van der Waals surface area (Å²) < 4.78 is 79.9. The maximum absolute atomic E-state index is 15.0. The van der Waals surface area contributed by atoms with Gasteiger partial charge in [0.2, 0.25) is 5.95 Å². The number of rotatable bonds is 9. The molecule has 1 aliphatic rings. The van der Waals surface area contributed by atoms with Gasteiger partial charge >= 0.3 is 23.5 Å². The van der Waals surface area contributed by atoms with Gasteiger partial charge in [-0.25, -0.2) is 27.5 Å². The van der Waals surface area contributed by atoms with Crippen LogP contribution in [-0.4, -0.2) is 75.0 Å². The number of aliphatic hydroxyl groups is 1. The van der Waals surface area contributed by atoms with Crippen molar-refractivity contribution in [1.29, 1.82) is 0 Å². The van der Waals surface area contributed by atoms with Gasteiger partial charge in [-0.1, -0.05) is 0 Å². The van der Waals surface area contributed by atoms with E-state index in [4.69, 9.17) is 25.2 Å². The lowest BCUT2D eigenvalue weighted by molar-refractivity contribution is -0.194. The Labute approximate surface area is 185 Å². The molecule has 2 unspecified atom stereocenters. The molecule has 1 aliphatic heterocycles. The number of nitrogen functional groups attached to an aromatic ring is 1. The SMILES string of the molecule is Nc1nc2c(ncn2C[C@@H]2O[C@](F)(COP(=O)(O)OP(=O)(O)OP(=O)(O)O)[C@@H](O)[C@H]2F)c(=O)[nH]1. The Kier molecular flexibility index (Phi) is 7.20. The molecule has 0 aliphatic carbocycles. The highest BCUT2D eigenvalue weighted by Gasteiger charge is 2.57. The number of imidazole rings is 1. The first-order chi connectivity index (χ1) is 15.4. The minimum absolute atomic E-state index is 0.129. The third-order valence-electron chi connectivity index (χ3n) is 4.16. The van der Waals surface area contributed by atoms with Crippen LogP contribution in [0.5, 0.6) is 0 Å². The van der Waals surface area contributed by atoms with Gasteiger partial charge in [0.15, 0.2) is 17.3 Å². The first kappa shape index (κ1) is 26.9. The van der Waals surface area contributed by atoms with Crippen molar-refractivity contribution in [3.8, 4) is 0 Å². The molecule has 0 spiro atoms. The molecule has 0 bridgehead atoms. The van der Waals surface area contributed by atoms with E-state index in [0.717, 1.165) is 10.9 Å². The molecule has 6 atom stereocenters. The van der Waals surface area contributed by atoms with Gasteiger partial charge < -0.3 is 39.7 Å². The second-order valence-corrected chi connectivity index (χ2v) is 11.1. The summed E-state index contributed by atoms with van der Waals surface area (Å²) in [6, 6.07) is 0. The van der Waals surface area contributed by atoms with Gasteiger partial charge in [0.05, 0.1) is 12.9 Å². The highest BCUT2D eigenvalue weighted by Crippen LogP contribution is 2.66. The van der Waals surface area contributed by atoms with Gasteiger partial charge in [0, 0.05) is 0 Å². The van der Waals surface area contributed by atoms with Crippen molar-refractivity contribution in [2.24, 2.45) is 0 Å². The van der Waals surface area contributed by atoms with Gasteiger partial charge in [-0.3, -0.25) is 14.3 Å². The highest BCUT2D eigenvalue weighted by atomic mass is 31.3. The van der Waals surface area contributed by atoms with Gasteiger partial charge in [-0.15, -0.1) is 0 Å². The molecule has 2 aromatic heterocycles. The van der Waals surface area contributed by atoms with E-state index in [2.05, 4.69) is 28.1 Å². The monoisotopic (exact) mass is 557 g/mol. The number of phosphoric acid groups is 3. The highest BCUT2D eigenvalue weighted by molar-refractivity contribution is 7.66. The number of halogens is 2. The molecule has 0 saturated carbocycles. The van der Waals surface area contributed by atoms with Crippen molar-refractivity contribution in [3.63, 3.8) is 0 Å². The average molecular weight is 557 g/mol. The summed E-state index contributed by atoms with van der Waals surface area (Å²) in [4.78, 5) is 56.9. The third kappa shape index (κ3) is 6.12.